The zero-order chi connectivity index (χ0) is 34.7. The van der Waals surface area contributed by atoms with E-state index in [0.717, 1.165) is 67.0 Å². The number of carbonyl (C=O) groups excluding carboxylic acids is 2. The summed E-state index contributed by atoms with van der Waals surface area (Å²) in [5.41, 5.74) is 4.07. The van der Waals surface area contributed by atoms with Crippen LogP contribution in [0.2, 0.25) is 0 Å². The quantitative estimate of drug-likeness (QED) is 0.217. The van der Waals surface area contributed by atoms with Gasteiger partial charge in [-0.05, 0) is 120 Å². The Morgan fingerprint density at radius 1 is 0.959 bits per heavy atom. The molecule has 3 aromatic rings. The Balaban J connectivity index is 1.13. The van der Waals surface area contributed by atoms with Crippen LogP contribution < -0.4 is 9.64 Å². The number of pyridine rings is 2. The van der Waals surface area contributed by atoms with Crippen molar-refractivity contribution in [3.05, 3.63) is 54.2 Å². The molecule has 3 fully saturated rings. The van der Waals surface area contributed by atoms with Gasteiger partial charge in [-0.3, -0.25) is 19.4 Å². The predicted molar refractivity (Wildman–Crippen MR) is 191 cm³/mol. The van der Waals surface area contributed by atoms with E-state index in [1.165, 1.54) is 0 Å². The Hall–Kier alpha value is -3.95. The van der Waals surface area contributed by atoms with E-state index in [2.05, 4.69) is 45.1 Å². The van der Waals surface area contributed by atoms with Gasteiger partial charge in [-0.2, -0.15) is 5.10 Å². The van der Waals surface area contributed by atoms with Crippen molar-refractivity contribution in [3.8, 4) is 16.9 Å². The van der Waals surface area contributed by atoms with Crippen LogP contribution in [0.5, 0.6) is 5.75 Å². The lowest BCUT2D eigenvalue weighted by atomic mass is 9.79. The van der Waals surface area contributed by atoms with Crippen molar-refractivity contribution in [2.24, 2.45) is 23.7 Å². The van der Waals surface area contributed by atoms with E-state index < -0.39 is 0 Å². The van der Waals surface area contributed by atoms with Gasteiger partial charge in [0.1, 0.15) is 17.7 Å². The molecule has 6 rings (SSSR count). The first kappa shape index (κ1) is 34.9. The molecule has 10 heteroatoms. The number of rotatable bonds is 10. The smallest absolute Gasteiger partial charge is 0.410 e. The molecule has 0 radical (unpaired) electrons. The fraction of sp³-hybridized carbons (Fsp3) is 0.615. The number of ether oxygens (including phenoxy) is 2. The predicted octanol–water partition coefficient (Wildman–Crippen LogP) is 7.83. The molecule has 1 aliphatic heterocycles. The van der Waals surface area contributed by atoms with Gasteiger partial charge in [-0.25, -0.2) is 9.78 Å². The van der Waals surface area contributed by atoms with E-state index in [-0.39, 0.29) is 30.1 Å². The van der Waals surface area contributed by atoms with Crippen molar-refractivity contribution in [3.63, 3.8) is 0 Å². The van der Waals surface area contributed by atoms with Gasteiger partial charge in [0.05, 0.1) is 19.0 Å². The summed E-state index contributed by atoms with van der Waals surface area (Å²) in [5.74, 6) is 3.44. The molecule has 10 nitrogen and oxygen atoms in total. The van der Waals surface area contributed by atoms with Crippen LogP contribution in [0.3, 0.4) is 0 Å². The number of anilines is 1. The summed E-state index contributed by atoms with van der Waals surface area (Å²) in [4.78, 5) is 40.6. The van der Waals surface area contributed by atoms with Crippen molar-refractivity contribution in [1.82, 2.24) is 24.6 Å². The Bertz CT molecular complexity index is 1580. The number of aryl methyl sites for hydroxylation is 1. The van der Waals surface area contributed by atoms with Crippen LogP contribution in [-0.2, 0) is 9.53 Å². The minimum absolute atomic E-state index is 0.124. The number of hydrogen-bond donors (Lipinski definition) is 0. The van der Waals surface area contributed by atoms with Crippen molar-refractivity contribution in [2.45, 2.75) is 104 Å². The molecule has 4 heterocycles. The van der Waals surface area contributed by atoms with Gasteiger partial charge in [0.2, 0.25) is 5.91 Å². The topological polar surface area (TPSA) is 103 Å². The van der Waals surface area contributed by atoms with E-state index in [1.54, 1.807) is 7.11 Å². The first-order chi connectivity index (χ1) is 23.6. The Morgan fingerprint density at radius 3 is 2.33 bits per heavy atom. The summed E-state index contributed by atoms with van der Waals surface area (Å²) >= 11 is 0. The number of amides is 2. The molecule has 3 aliphatic rings. The molecule has 3 aromatic heterocycles. The van der Waals surface area contributed by atoms with Crippen molar-refractivity contribution >= 4 is 17.8 Å². The zero-order valence-electron chi connectivity index (χ0n) is 30.2. The highest BCUT2D eigenvalue weighted by molar-refractivity contribution is 5.94. The second-order valence-electron chi connectivity index (χ2n) is 15.2. The SMILES string of the molecule is COc1ccc(C2CCC(CN(C(=O)C3CCC(OC(=O)N4CC(C(C)C)C4)CC3)c3cc(-c4cnn(C(C)C)c4)ccn3)CC2)nc1C. The molecule has 0 bridgehead atoms. The number of hydrogen-bond acceptors (Lipinski definition) is 7. The average Bonchev–Trinajstić information content (AvgIpc) is 3.58. The van der Waals surface area contributed by atoms with Gasteiger partial charge in [0, 0.05) is 61.2 Å². The summed E-state index contributed by atoms with van der Waals surface area (Å²) in [6.45, 7) is 12.8. The summed E-state index contributed by atoms with van der Waals surface area (Å²) < 4.78 is 13.3. The fourth-order valence-corrected chi connectivity index (χ4v) is 7.67. The number of methoxy groups -OCH3 is 1. The second-order valence-corrected chi connectivity index (χ2v) is 15.2. The third-order valence-electron chi connectivity index (χ3n) is 11.1. The maximum absolute atomic E-state index is 14.4. The lowest BCUT2D eigenvalue weighted by Gasteiger charge is -2.41. The highest BCUT2D eigenvalue weighted by Crippen LogP contribution is 2.38. The van der Waals surface area contributed by atoms with Gasteiger partial charge in [0.15, 0.2) is 0 Å². The first-order valence-corrected chi connectivity index (χ1v) is 18.4. The molecule has 0 spiro atoms. The minimum Gasteiger partial charge on any atom is -0.495 e. The first-order valence-electron chi connectivity index (χ1n) is 18.4. The highest BCUT2D eigenvalue weighted by atomic mass is 16.6. The van der Waals surface area contributed by atoms with Gasteiger partial charge < -0.3 is 14.4 Å². The largest absolute Gasteiger partial charge is 0.495 e. The molecule has 0 N–H and O–H groups in total. The van der Waals surface area contributed by atoms with Gasteiger partial charge in [-0.1, -0.05) is 13.8 Å². The average molecular weight is 671 g/mol. The maximum atomic E-state index is 14.4. The Morgan fingerprint density at radius 2 is 1.69 bits per heavy atom. The van der Waals surface area contributed by atoms with E-state index in [9.17, 15) is 9.59 Å². The molecule has 264 valence electrons. The van der Waals surface area contributed by atoms with Crippen LogP contribution in [0.1, 0.15) is 102 Å². The Kier molecular flexibility index (Phi) is 10.9. The molecule has 0 atom stereocenters. The van der Waals surface area contributed by atoms with Crippen LogP contribution >= 0.6 is 0 Å². The number of carbonyl (C=O) groups is 2. The number of likely N-dealkylation sites (tertiary alicyclic amines) is 1. The summed E-state index contributed by atoms with van der Waals surface area (Å²) in [6, 6.07) is 8.42. The summed E-state index contributed by atoms with van der Waals surface area (Å²) in [7, 11) is 1.68. The minimum atomic E-state index is -0.203. The molecule has 2 aliphatic carbocycles. The van der Waals surface area contributed by atoms with Gasteiger partial charge in [-0.15, -0.1) is 0 Å². The molecular weight excluding hydrogens is 616 g/mol. The van der Waals surface area contributed by atoms with E-state index in [1.807, 2.05) is 52.0 Å². The molecule has 1 saturated heterocycles. The monoisotopic (exact) mass is 670 g/mol. The van der Waals surface area contributed by atoms with E-state index in [4.69, 9.17) is 19.4 Å². The third kappa shape index (κ3) is 8.10. The maximum Gasteiger partial charge on any atom is 0.410 e. The Labute approximate surface area is 291 Å². The molecule has 2 saturated carbocycles. The molecule has 0 unspecified atom stereocenters. The second kappa shape index (κ2) is 15.3. The molecule has 2 amide bonds. The van der Waals surface area contributed by atoms with Crippen LogP contribution in [0, 0.1) is 30.6 Å². The van der Waals surface area contributed by atoms with Crippen LogP contribution in [0.15, 0.2) is 42.9 Å². The van der Waals surface area contributed by atoms with E-state index >= 15 is 0 Å². The van der Waals surface area contributed by atoms with Gasteiger partial charge in [0.25, 0.3) is 0 Å². The van der Waals surface area contributed by atoms with Crippen LogP contribution in [-0.4, -0.2) is 69.5 Å². The van der Waals surface area contributed by atoms with Crippen molar-refractivity contribution in [1.29, 1.82) is 0 Å². The van der Waals surface area contributed by atoms with E-state index in [0.29, 0.717) is 61.7 Å². The lowest BCUT2D eigenvalue weighted by Crippen LogP contribution is -2.52. The lowest BCUT2D eigenvalue weighted by molar-refractivity contribution is -0.124. The third-order valence-corrected chi connectivity index (χ3v) is 11.1. The highest BCUT2D eigenvalue weighted by Gasteiger charge is 2.37. The summed E-state index contributed by atoms with van der Waals surface area (Å²) in [5, 5.41) is 4.54. The van der Waals surface area contributed by atoms with Gasteiger partial charge >= 0.3 is 6.09 Å². The molecule has 49 heavy (non-hydrogen) atoms. The fourth-order valence-electron chi connectivity index (χ4n) is 7.67. The van der Waals surface area contributed by atoms with Crippen LogP contribution in [0.4, 0.5) is 10.6 Å². The normalized spacial score (nSPS) is 23.0. The standard InChI is InChI=1S/C39H54N6O4/c1-25(2)33-22-43(23-33)39(47)49-34-13-11-30(12-14-34)38(46)44(37-19-31(17-18-40-37)32-20-41-45(24-32)26(3)4)21-28-7-9-29(10-8-28)35-15-16-36(48-6)27(5)42-35/h15-20,24-26,28-30,33-34H,7-14,21-23H2,1-6H3. The zero-order valence-corrected chi connectivity index (χ0v) is 30.2. The number of aromatic nitrogens is 4. The summed E-state index contributed by atoms with van der Waals surface area (Å²) in [6.07, 6.45) is 12.4. The van der Waals surface area contributed by atoms with Crippen molar-refractivity contribution < 1.29 is 19.1 Å². The molecular formula is C39H54N6O4. The molecule has 0 aromatic carbocycles. The number of nitrogens with zero attached hydrogens (tertiary/aromatic N) is 6. The van der Waals surface area contributed by atoms with Crippen LogP contribution in [0.25, 0.3) is 11.1 Å². The van der Waals surface area contributed by atoms with Crippen molar-refractivity contribution in [2.75, 3.05) is 31.6 Å².